The third-order valence-corrected chi connectivity index (χ3v) is 2.61. The Morgan fingerprint density at radius 2 is 2.11 bits per heavy atom. The van der Waals surface area contributed by atoms with Crippen LogP contribution < -0.4 is 10.6 Å². The van der Waals surface area contributed by atoms with Crippen molar-refractivity contribution in [2.24, 2.45) is 0 Å². The zero-order valence-corrected chi connectivity index (χ0v) is 10.7. The Morgan fingerprint density at radius 1 is 1.26 bits per heavy atom. The second kappa shape index (κ2) is 6.47. The van der Waals surface area contributed by atoms with Gasteiger partial charge in [0.15, 0.2) is 0 Å². The molecule has 1 aromatic carbocycles. The summed E-state index contributed by atoms with van der Waals surface area (Å²) >= 11 is 0. The van der Waals surface area contributed by atoms with Gasteiger partial charge in [0.1, 0.15) is 17.7 Å². The smallest absolute Gasteiger partial charge is 0.134 e. The Hall–Kier alpha value is -2.45. The summed E-state index contributed by atoms with van der Waals surface area (Å²) in [4.78, 5) is 8.61. The van der Waals surface area contributed by atoms with E-state index in [1.165, 1.54) is 0 Å². The lowest BCUT2D eigenvalue weighted by molar-refractivity contribution is 0.756. The first kappa shape index (κ1) is 13.0. The van der Waals surface area contributed by atoms with E-state index in [9.17, 15) is 0 Å². The van der Waals surface area contributed by atoms with Gasteiger partial charge in [-0.25, -0.2) is 9.97 Å². The topological polar surface area (TPSA) is 73.6 Å². The Kier molecular flexibility index (Phi) is 4.43. The molecule has 0 atom stereocenters. The molecule has 0 radical (unpaired) electrons. The number of likely N-dealkylation sites (N-methyl/N-ethyl adjacent to an activating group) is 1. The number of nitriles is 1. The van der Waals surface area contributed by atoms with Gasteiger partial charge in [0.25, 0.3) is 0 Å². The molecule has 1 heterocycles. The van der Waals surface area contributed by atoms with E-state index in [2.05, 4.69) is 26.7 Å². The summed E-state index contributed by atoms with van der Waals surface area (Å²) in [7, 11) is 1.89. The normalized spacial score (nSPS) is 9.89. The molecule has 1 aromatic heterocycles. The van der Waals surface area contributed by atoms with Crippen molar-refractivity contribution in [2.45, 2.75) is 6.42 Å². The van der Waals surface area contributed by atoms with Gasteiger partial charge < -0.3 is 10.6 Å². The summed E-state index contributed by atoms with van der Waals surface area (Å²) in [6.07, 6.45) is 2.49. The molecular weight excluding hydrogens is 238 g/mol. The van der Waals surface area contributed by atoms with E-state index in [4.69, 9.17) is 5.26 Å². The molecule has 5 heteroatoms. The van der Waals surface area contributed by atoms with Crippen molar-refractivity contribution < 1.29 is 0 Å². The van der Waals surface area contributed by atoms with Crippen LogP contribution in [0.5, 0.6) is 0 Å². The van der Waals surface area contributed by atoms with E-state index in [1.54, 1.807) is 18.3 Å². The van der Waals surface area contributed by atoms with E-state index in [-0.39, 0.29) is 0 Å². The zero-order valence-electron chi connectivity index (χ0n) is 10.7. The fourth-order valence-corrected chi connectivity index (χ4v) is 1.65. The SMILES string of the molecule is CNCCc1nccc(Nc2ccccc2C#N)n1. The van der Waals surface area contributed by atoms with Crippen molar-refractivity contribution in [3.05, 3.63) is 47.9 Å². The van der Waals surface area contributed by atoms with E-state index >= 15 is 0 Å². The van der Waals surface area contributed by atoms with Gasteiger partial charge in [0, 0.05) is 19.2 Å². The second-order valence-corrected chi connectivity index (χ2v) is 3.99. The van der Waals surface area contributed by atoms with Gasteiger partial charge in [-0.05, 0) is 25.2 Å². The molecule has 0 aliphatic heterocycles. The van der Waals surface area contributed by atoms with Gasteiger partial charge in [-0.15, -0.1) is 0 Å². The number of nitrogens with one attached hydrogen (secondary N) is 2. The number of anilines is 2. The highest BCUT2D eigenvalue weighted by molar-refractivity contribution is 5.64. The van der Waals surface area contributed by atoms with Gasteiger partial charge in [-0.3, -0.25) is 0 Å². The summed E-state index contributed by atoms with van der Waals surface area (Å²) in [6.45, 7) is 0.832. The highest BCUT2D eigenvalue weighted by Crippen LogP contribution is 2.18. The molecule has 0 bridgehead atoms. The minimum Gasteiger partial charge on any atom is -0.339 e. The van der Waals surface area contributed by atoms with Crippen molar-refractivity contribution in [3.8, 4) is 6.07 Å². The molecule has 96 valence electrons. The van der Waals surface area contributed by atoms with Crippen LogP contribution in [0.3, 0.4) is 0 Å². The molecule has 19 heavy (non-hydrogen) atoms. The molecule has 0 unspecified atom stereocenters. The molecule has 0 amide bonds. The van der Waals surface area contributed by atoms with Gasteiger partial charge >= 0.3 is 0 Å². The van der Waals surface area contributed by atoms with Gasteiger partial charge in [-0.2, -0.15) is 5.26 Å². The number of hydrogen-bond acceptors (Lipinski definition) is 5. The van der Waals surface area contributed by atoms with Crippen molar-refractivity contribution in [2.75, 3.05) is 18.9 Å². The predicted molar refractivity (Wildman–Crippen MR) is 74.1 cm³/mol. The maximum Gasteiger partial charge on any atom is 0.134 e. The molecule has 0 saturated carbocycles. The van der Waals surface area contributed by atoms with Gasteiger partial charge in [0.2, 0.25) is 0 Å². The number of rotatable bonds is 5. The second-order valence-electron chi connectivity index (χ2n) is 3.99. The molecule has 0 spiro atoms. The fourth-order valence-electron chi connectivity index (χ4n) is 1.65. The molecule has 2 rings (SSSR count). The van der Waals surface area contributed by atoms with Crippen LogP contribution in [0.25, 0.3) is 0 Å². The number of nitrogens with zero attached hydrogens (tertiary/aromatic N) is 3. The zero-order chi connectivity index (χ0) is 13.5. The van der Waals surface area contributed by atoms with Crippen molar-refractivity contribution in [1.82, 2.24) is 15.3 Å². The first-order valence-electron chi connectivity index (χ1n) is 6.06. The van der Waals surface area contributed by atoms with Gasteiger partial charge in [-0.1, -0.05) is 12.1 Å². The summed E-state index contributed by atoms with van der Waals surface area (Å²) in [6, 6.07) is 11.3. The van der Waals surface area contributed by atoms with Crippen LogP contribution >= 0.6 is 0 Å². The fraction of sp³-hybridized carbons (Fsp3) is 0.214. The summed E-state index contributed by atoms with van der Waals surface area (Å²) in [5.74, 6) is 1.47. The lowest BCUT2D eigenvalue weighted by Gasteiger charge is -2.08. The van der Waals surface area contributed by atoms with Crippen molar-refractivity contribution in [1.29, 1.82) is 5.26 Å². The van der Waals surface area contributed by atoms with Crippen LogP contribution in [0.1, 0.15) is 11.4 Å². The molecule has 0 saturated heterocycles. The third-order valence-electron chi connectivity index (χ3n) is 2.61. The van der Waals surface area contributed by atoms with Crippen LogP contribution in [0.2, 0.25) is 0 Å². The Morgan fingerprint density at radius 3 is 2.89 bits per heavy atom. The maximum absolute atomic E-state index is 9.04. The Bertz CT molecular complexity index is 588. The quantitative estimate of drug-likeness (QED) is 0.850. The minimum absolute atomic E-state index is 0.595. The third kappa shape index (κ3) is 3.50. The first-order valence-corrected chi connectivity index (χ1v) is 6.06. The number of para-hydroxylation sites is 1. The molecule has 2 N–H and O–H groups in total. The largest absolute Gasteiger partial charge is 0.339 e. The van der Waals surface area contributed by atoms with Crippen LogP contribution in [0, 0.1) is 11.3 Å². The van der Waals surface area contributed by atoms with Crippen molar-refractivity contribution in [3.63, 3.8) is 0 Å². The summed E-state index contributed by atoms with van der Waals surface area (Å²) < 4.78 is 0. The highest BCUT2D eigenvalue weighted by atomic mass is 15.0. The number of aromatic nitrogens is 2. The monoisotopic (exact) mass is 253 g/mol. The van der Waals surface area contributed by atoms with Crippen LogP contribution in [0.15, 0.2) is 36.5 Å². The van der Waals surface area contributed by atoms with Gasteiger partial charge in [0.05, 0.1) is 11.3 Å². The summed E-state index contributed by atoms with van der Waals surface area (Å²) in [5.41, 5.74) is 1.35. The molecule has 2 aromatic rings. The predicted octanol–water partition coefficient (Wildman–Crippen LogP) is 1.85. The molecule has 0 fully saturated rings. The number of hydrogen-bond donors (Lipinski definition) is 2. The first-order chi connectivity index (χ1) is 9.33. The molecule has 0 aliphatic carbocycles. The Labute approximate surface area is 112 Å². The lowest BCUT2D eigenvalue weighted by atomic mass is 10.2. The maximum atomic E-state index is 9.04. The average Bonchev–Trinajstić information content (AvgIpc) is 2.46. The highest BCUT2D eigenvalue weighted by Gasteiger charge is 2.03. The molecule has 0 aliphatic rings. The van der Waals surface area contributed by atoms with E-state index in [1.807, 2.05) is 25.2 Å². The van der Waals surface area contributed by atoms with E-state index < -0.39 is 0 Å². The average molecular weight is 253 g/mol. The number of benzene rings is 1. The molecule has 5 nitrogen and oxygen atoms in total. The minimum atomic E-state index is 0.595. The van der Waals surface area contributed by atoms with Crippen LogP contribution in [0.4, 0.5) is 11.5 Å². The van der Waals surface area contributed by atoms with Crippen LogP contribution in [-0.4, -0.2) is 23.6 Å². The standard InChI is InChI=1S/C14H15N5/c1-16-8-6-13-17-9-7-14(19-13)18-12-5-3-2-4-11(12)10-15/h2-5,7,9,16H,6,8H2,1H3,(H,17,18,19). The van der Waals surface area contributed by atoms with Crippen LogP contribution in [-0.2, 0) is 6.42 Å². The Balaban J connectivity index is 2.17. The summed E-state index contributed by atoms with van der Waals surface area (Å²) in [5, 5.41) is 15.2. The van der Waals surface area contributed by atoms with E-state index in [0.717, 1.165) is 24.5 Å². The molecular formula is C14H15N5. The van der Waals surface area contributed by atoms with Crippen molar-refractivity contribution >= 4 is 11.5 Å². The van der Waals surface area contributed by atoms with E-state index in [0.29, 0.717) is 11.4 Å². The lowest BCUT2D eigenvalue weighted by Crippen LogP contribution is -2.12.